The maximum absolute atomic E-state index is 12.0. The molecular weight excluding hydrogens is 330 g/mol. The first-order chi connectivity index (χ1) is 12.7. The number of pyridine rings is 1. The van der Waals surface area contributed by atoms with Gasteiger partial charge in [0.05, 0.1) is 6.20 Å². The van der Waals surface area contributed by atoms with Crippen molar-refractivity contribution in [2.24, 2.45) is 0 Å². The summed E-state index contributed by atoms with van der Waals surface area (Å²) < 4.78 is 7.36. The van der Waals surface area contributed by atoms with E-state index in [1.165, 1.54) is 0 Å². The lowest BCUT2D eigenvalue weighted by Crippen LogP contribution is -2.13. The maximum Gasteiger partial charge on any atom is 0.225 e. The number of rotatable bonds is 8. The zero-order chi connectivity index (χ0) is 18.2. The number of nitrogens with one attached hydrogen (secondary N) is 1. The summed E-state index contributed by atoms with van der Waals surface area (Å²) in [7, 11) is 0. The molecule has 7 nitrogen and oxygen atoms in total. The van der Waals surface area contributed by atoms with Gasteiger partial charge in [-0.25, -0.2) is 4.98 Å². The van der Waals surface area contributed by atoms with Crippen molar-refractivity contribution in [3.8, 4) is 5.75 Å². The van der Waals surface area contributed by atoms with Crippen molar-refractivity contribution in [1.29, 1.82) is 0 Å². The van der Waals surface area contributed by atoms with Crippen LogP contribution in [0.4, 0.5) is 5.82 Å². The minimum absolute atomic E-state index is 0.0594. The average molecular weight is 351 g/mol. The van der Waals surface area contributed by atoms with E-state index in [0.717, 1.165) is 17.1 Å². The first-order valence-corrected chi connectivity index (χ1v) is 8.49. The predicted molar refractivity (Wildman–Crippen MR) is 97.6 cm³/mol. The van der Waals surface area contributed by atoms with Gasteiger partial charge in [-0.2, -0.15) is 0 Å². The first kappa shape index (κ1) is 17.6. The SMILES string of the molecule is Cc1cccc(NC(=O)CCCn2cc(COc3ccccc3)nn2)n1. The van der Waals surface area contributed by atoms with Crippen molar-refractivity contribution in [3.63, 3.8) is 0 Å². The van der Waals surface area contributed by atoms with Crippen LogP contribution < -0.4 is 10.1 Å². The van der Waals surface area contributed by atoms with Crippen LogP contribution in [0, 0.1) is 6.92 Å². The summed E-state index contributed by atoms with van der Waals surface area (Å²) in [5.74, 6) is 1.32. The third-order valence-corrected chi connectivity index (χ3v) is 3.66. The Kier molecular flexibility index (Phi) is 5.92. The van der Waals surface area contributed by atoms with Crippen LogP contribution in [0.25, 0.3) is 0 Å². The van der Waals surface area contributed by atoms with Crippen molar-refractivity contribution >= 4 is 11.7 Å². The maximum atomic E-state index is 12.0. The number of amides is 1. The van der Waals surface area contributed by atoms with E-state index in [-0.39, 0.29) is 5.91 Å². The van der Waals surface area contributed by atoms with Gasteiger partial charge in [-0.15, -0.1) is 5.10 Å². The zero-order valence-electron chi connectivity index (χ0n) is 14.6. The molecule has 2 aromatic heterocycles. The molecule has 3 aromatic rings. The molecule has 0 aliphatic rings. The molecule has 0 saturated heterocycles. The van der Waals surface area contributed by atoms with E-state index in [4.69, 9.17) is 4.74 Å². The molecule has 2 heterocycles. The van der Waals surface area contributed by atoms with E-state index in [1.807, 2.05) is 55.6 Å². The van der Waals surface area contributed by atoms with Crippen molar-refractivity contribution < 1.29 is 9.53 Å². The topological polar surface area (TPSA) is 81.9 Å². The molecule has 26 heavy (non-hydrogen) atoms. The third-order valence-electron chi connectivity index (χ3n) is 3.66. The number of hydrogen-bond donors (Lipinski definition) is 1. The highest BCUT2D eigenvalue weighted by molar-refractivity contribution is 5.89. The Hall–Kier alpha value is -3.22. The van der Waals surface area contributed by atoms with Crippen LogP contribution in [-0.4, -0.2) is 25.9 Å². The van der Waals surface area contributed by atoms with Crippen molar-refractivity contribution in [1.82, 2.24) is 20.0 Å². The lowest BCUT2D eigenvalue weighted by atomic mass is 10.3. The molecule has 3 rings (SSSR count). The molecule has 0 bridgehead atoms. The van der Waals surface area contributed by atoms with Gasteiger partial charge in [0.1, 0.15) is 23.9 Å². The first-order valence-electron chi connectivity index (χ1n) is 8.49. The standard InChI is InChI=1S/C19H21N5O2/c1-15-7-5-10-18(20-15)21-19(25)11-6-12-24-13-16(22-23-24)14-26-17-8-3-2-4-9-17/h2-5,7-10,13H,6,11-12,14H2,1H3,(H,20,21,25). The number of hydrogen-bond acceptors (Lipinski definition) is 5. The Morgan fingerprint density at radius 3 is 2.81 bits per heavy atom. The van der Waals surface area contributed by atoms with Gasteiger partial charge in [0, 0.05) is 18.7 Å². The second-order valence-corrected chi connectivity index (χ2v) is 5.89. The van der Waals surface area contributed by atoms with Gasteiger partial charge in [-0.05, 0) is 37.6 Å². The van der Waals surface area contributed by atoms with E-state index in [1.54, 1.807) is 10.7 Å². The van der Waals surface area contributed by atoms with Crippen LogP contribution in [0.15, 0.2) is 54.7 Å². The minimum Gasteiger partial charge on any atom is -0.487 e. The summed E-state index contributed by atoms with van der Waals surface area (Å²) in [6.07, 6.45) is 2.90. The summed E-state index contributed by atoms with van der Waals surface area (Å²) in [4.78, 5) is 16.2. The number of para-hydroxylation sites is 1. The molecule has 0 spiro atoms. The summed E-state index contributed by atoms with van der Waals surface area (Å²) >= 11 is 0. The van der Waals surface area contributed by atoms with Gasteiger partial charge < -0.3 is 10.1 Å². The molecule has 1 N–H and O–H groups in total. The lowest BCUT2D eigenvalue weighted by Gasteiger charge is -2.05. The third kappa shape index (κ3) is 5.41. The number of ether oxygens (including phenoxy) is 1. The number of carbonyl (C=O) groups excluding carboxylic acids is 1. The molecule has 1 aromatic carbocycles. The predicted octanol–water partition coefficient (Wildman–Crippen LogP) is 2.98. The van der Waals surface area contributed by atoms with Crippen LogP contribution in [-0.2, 0) is 17.9 Å². The van der Waals surface area contributed by atoms with E-state index in [9.17, 15) is 4.79 Å². The minimum atomic E-state index is -0.0594. The van der Waals surface area contributed by atoms with Gasteiger partial charge in [0.2, 0.25) is 5.91 Å². The van der Waals surface area contributed by atoms with Crippen LogP contribution in [0.3, 0.4) is 0 Å². The molecule has 0 unspecified atom stereocenters. The molecule has 0 saturated carbocycles. The normalized spacial score (nSPS) is 10.5. The van der Waals surface area contributed by atoms with Gasteiger partial charge in [0.25, 0.3) is 0 Å². The van der Waals surface area contributed by atoms with E-state index in [0.29, 0.717) is 31.8 Å². The molecule has 0 radical (unpaired) electrons. The number of anilines is 1. The average Bonchev–Trinajstić information content (AvgIpc) is 3.09. The van der Waals surface area contributed by atoms with Crippen LogP contribution in [0.5, 0.6) is 5.75 Å². The number of carbonyl (C=O) groups is 1. The largest absolute Gasteiger partial charge is 0.487 e. The highest BCUT2D eigenvalue weighted by Crippen LogP contribution is 2.10. The van der Waals surface area contributed by atoms with E-state index in [2.05, 4.69) is 20.6 Å². The Morgan fingerprint density at radius 1 is 1.15 bits per heavy atom. The van der Waals surface area contributed by atoms with Crippen LogP contribution >= 0.6 is 0 Å². The summed E-state index contributed by atoms with van der Waals surface area (Å²) in [6.45, 7) is 2.87. The van der Waals surface area contributed by atoms with Gasteiger partial charge in [-0.3, -0.25) is 9.48 Å². The highest BCUT2D eigenvalue weighted by atomic mass is 16.5. The molecule has 1 amide bonds. The quantitative estimate of drug-likeness (QED) is 0.675. The molecular formula is C19H21N5O2. The second-order valence-electron chi connectivity index (χ2n) is 5.89. The Labute approximate surface area is 152 Å². The van der Waals surface area contributed by atoms with Gasteiger partial charge in [0.15, 0.2) is 0 Å². The Morgan fingerprint density at radius 2 is 2.00 bits per heavy atom. The lowest BCUT2D eigenvalue weighted by molar-refractivity contribution is -0.116. The molecule has 134 valence electrons. The molecule has 0 aliphatic heterocycles. The molecule has 0 fully saturated rings. The van der Waals surface area contributed by atoms with Crippen LogP contribution in [0.1, 0.15) is 24.2 Å². The summed E-state index contributed by atoms with van der Waals surface area (Å²) in [5.41, 5.74) is 1.62. The molecule has 7 heteroatoms. The number of aryl methyl sites for hydroxylation is 2. The summed E-state index contributed by atoms with van der Waals surface area (Å²) in [5, 5.41) is 10.9. The zero-order valence-corrected chi connectivity index (χ0v) is 14.6. The molecule has 0 atom stereocenters. The van der Waals surface area contributed by atoms with Crippen molar-refractivity contribution in [2.75, 3.05) is 5.32 Å². The van der Waals surface area contributed by atoms with E-state index >= 15 is 0 Å². The Balaban J connectivity index is 1.40. The number of benzene rings is 1. The van der Waals surface area contributed by atoms with Gasteiger partial charge in [-0.1, -0.05) is 29.5 Å². The highest BCUT2D eigenvalue weighted by Gasteiger charge is 2.06. The van der Waals surface area contributed by atoms with E-state index < -0.39 is 0 Å². The second kappa shape index (κ2) is 8.75. The van der Waals surface area contributed by atoms with Gasteiger partial charge >= 0.3 is 0 Å². The number of nitrogens with zero attached hydrogens (tertiary/aromatic N) is 4. The monoisotopic (exact) mass is 351 g/mol. The Bertz CT molecular complexity index is 848. The summed E-state index contributed by atoms with van der Waals surface area (Å²) in [6, 6.07) is 15.1. The van der Waals surface area contributed by atoms with Crippen molar-refractivity contribution in [2.45, 2.75) is 32.9 Å². The fraction of sp³-hybridized carbons (Fsp3) is 0.263. The smallest absolute Gasteiger partial charge is 0.225 e. The van der Waals surface area contributed by atoms with Crippen LogP contribution in [0.2, 0.25) is 0 Å². The molecule has 0 aliphatic carbocycles. The fourth-order valence-electron chi connectivity index (χ4n) is 2.41. The number of aromatic nitrogens is 4. The van der Waals surface area contributed by atoms with Crippen molar-refractivity contribution in [3.05, 3.63) is 66.1 Å². The fourth-order valence-corrected chi connectivity index (χ4v) is 2.41.